The smallest absolute Gasteiger partial charge is 0.261 e. The highest BCUT2D eigenvalue weighted by Gasteiger charge is 2.14. The van der Waals surface area contributed by atoms with Gasteiger partial charge in [0.25, 0.3) is 5.91 Å². The van der Waals surface area contributed by atoms with Gasteiger partial charge in [-0.15, -0.1) is 0 Å². The Morgan fingerprint density at radius 1 is 1.29 bits per heavy atom. The number of anilines is 2. The molecule has 0 spiro atoms. The van der Waals surface area contributed by atoms with Crippen molar-refractivity contribution in [3.8, 4) is 5.75 Å². The summed E-state index contributed by atoms with van der Waals surface area (Å²) in [7, 11) is 0. The predicted molar refractivity (Wildman–Crippen MR) is 87.8 cm³/mol. The van der Waals surface area contributed by atoms with Crippen molar-refractivity contribution in [2.75, 3.05) is 11.1 Å². The maximum Gasteiger partial charge on any atom is 0.261 e. The second-order valence-corrected chi connectivity index (χ2v) is 6.31. The van der Waals surface area contributed by atoms with Crippen molar-refractivity contribution in [3.05, 3.63) is 46.4 Å². The van der Waals surface area contributed by atoms with E-state index in [1.807, 2.05) is 0 Å². The van der Waals surface area contributed by atoms with E-state index in [0.29, 0.717) is 15.3 Å². The highest BCUT2D eigenvalue weighted by molar-refractivity contribution is 9.10. The minimum atomic E-state index is -0.416. The van der Waals surface area contributed by atoms with Gasteiger partial charge in [-0.2, -0.15) is 0 Å². The lowest BCUT2D eigenvalue weighted by Crippen LogP contribution is -2.11. The SMILES string of the molecule is Nc1ccc2nc(NC(=O)c3cc(Br)ccc3O)sc2c1. The predicted octanol–water partition coefficient (Wildman–Crippen LogP) is 3.60. The van der Waals surface area contributed by atoms with Crippen LogP contribution in [0, 0.1) is 0 Å². The molecule has 4 N–H and O–H groups in total. The number of benzene rings is 2. The van der Waals surface area contributed by atoms with Gasteiger partial charge in [0.1, 0.15) is 5.75 Å². The zero-order valence-corrected chi connectivity index (χ0v) is 13.0. The van der Waals surface area contributed by atoms with Crippen LogP contribution in [-0.2, 0) is 0 Å². The van der Waals surface area contributed by atoms with E-state index in [4.69, 9.17) is 5.73 Å². The van der Waals surface area contributed by atoms with Crippen LogP contribution in [0.3, 0.4) is 0 Å². The summed E-state index contributed by atoms with van der Waals surface area (Å²) < 4.78 is 1.60. The molecule has 5 nitrogen and oxygen atoms in total. The molecular formula is C14H10BrN3O2S. The number of hydrogen-bond donors (Lipinski definition) is 3. The fraction of sp³-hybridized carbons (Fsp3) is 0. The van der Waals surface area contributed by atoms with Gasteiger partial charge in [-0.3, -0.25) is 10.1 Å². The minimum Gasteiger partial charge on any atom is -0.507 e. The van der Waals surface area contributed by atoms with Gasteiger partial charge < -0.3 is 10.8 Å². The molecule has 0 saturated heterocycles. The molecule has 1 aromatic heterocycles. The van der Waals surface area contributed by atoms with Crippen LogP contribution in [0.2, 0.25) is 0 Å². The summed E-state index contributed by atoms with van der Waals surface area (Å²) in [6, 6.07) is 10.0. The molecule has 0 atom stereocenters. The number of hydrogen-bond acceptors (Lipinski definition) is 5. The quantitative estimate of drug-likeness (QED) is 0.607. The lowest BCUT2D eigenvalue weighted by Gasteiger charge is -2.04. The van der Waals surface area contributed by atoms with Crippen molar-refractivity contribution in [2.24, 2.45) is 0 Å². The Morgan fingerprint density at radius 3 is 2.90 bits per heavy atom. The fourth-order valence-corrected chi connectivity index (χ4v) is 3.12. The molecule has 1 amide bonds. The number of phenolic OH excluding ortho intramolecular Hbond substituents is 1. The Hall–Kier alpha value is -2.12. The van der Waals surface area contributed by atoms with Crippen molar-refractivity contribution in [2.45, 2.75) is 0 Å². The van der Waals surface area contributed by atoms with E-state index < -0.39 is 5.91 Å². The standard InChI is InChI=1S/C14H10BrN3O2S/c15-7-1-4-11(19)9(5-7)13(20)18-14-17-10-3-2-8(16)6-12(10)21-14/h1-6,19H,16H2,(H,17,18,20). The summed E-state index contributed by atoms with van der Waals surface area (Å²) >= 11 is 4.60. The van der Waals surface area contributed by atoms with Crippen molar-refractivity contribution >= 4 is 54.2 Å². The Labute approximate surface area is 132 Å². The topological polar surface area (TPSA) is 88.2 Å². The minimum absolute atomic E-state index is 0.0824. The lowest BCUT2D eigenvalue weighted by atomic mass is 10.2. The molecule has 3 aromatic rings. The number of thiazole rings is 1. The van der Waals surface area contributed by atoms with Gasteiger partial charge in [-0.05, 0) is 36.4 Å². The molecule has 0 fully saturated rings. The Kier molecular flexibility index (Phi) is 3.52. The number of amides is 1. The number of nitrogens with zero attached hydrogens (tertiary/aromatic N) is 1. The Morgan fingerprint density at radius 2 is 2.10 bits per heavy atom. The highest BCUT2D eigenvalue weighted by Crippen LogP contribution is 2.29. The first-order valence-corrected chi connectivity index (χ1v) is 7.60. The molecule has 0 saturated carbocycles. The molecule has 2 aromatic carbocycles. The molecule has 0 radical (unpaired) electrons. The summed E-state index contributed by atoms with van der Waals surface area (Å²) in [6.45, 7) is 0. The van der Waals surface area contributed by atoms with Crippen LogP contribution >= 0.6 is 27.3 Å². The summed E-state index contributed by atoms with van der Waals surface area (Å²) in [5.74, 6) is -0.498. The zero-order valence-electron chi connectivity index (χ0n) is 10.6. The second-order valence-electron chi connectivity index (χ2n) is 4.36. The van der Waals surface area contributed by atoms with E-state index in [2.05, 4.69) is 26.2 Å². The van der Waals surface area contributed by atoms with Crippen LogP contribution in [0.4, 0.5) is 10.8 Å². The van der Waals surface area contributed by atoms with Crippen molar-refractivity contribution in [3.63, 3.8) is 0 Å². The highest BCUT2D eigenvalue weighted by atomic mass is 79.9. The van der Waals surface area contributed by atoms with Gasteiger partial charge in [0, 0.05) is 10.2 Å². The third kappa shape index (κ3) is 2.84. The summed E-state index contributed by atoms with van der Waals surface area (Å²) in [5.41, 5.74) is 7.31. The number of halogens is 1. The van der Waals surface area contributed by atoms with Crippen molar-refractivity contribution < 1.29 is 9.90 Å². The van der Waals surface area contributed by atoms with E-state index >= 15 is 0 Å². The molecule has 7 heteroatoms. The first kappa shape index (κ1) is 13.8. The molecule has 1 heterocycles. The number of carbonyl (C=O) groups excluding carboxylic acids is 1. The molecule has 0 aliphatic rings. The van der Waals surface area contributed by atoms with E-state index in [9.17, 15) is 9.90 Å². The van der Waals surface area contributed by atoms with Gasteiger partial charge in [0.05, 0.1) is 15.8 Å². The molecular weight excluding hydrogens is 354 g/mol. The van der Waals surface area contributed by atoms with E-state index in [1.165, 1.54) is 17.4 Å². The summed E-state index contributed by atoms with van der Waals surface area (Å²) in [6.07, 6.45) is 0. The van der Waals surface area contributed by atoms with Crippen molar-refractivity contribution in [1.29, 1.82) is 0 Å². The van der Waals surface area contributed by atoms with Crippen molar-refractivity contribution in [1.82, 2.24) is 4.98 Å². The van der Waals surface area contributed by atoms with Crippen LogP contribution in [0.5, 0.6) is 5.75 Å². The first-order chi connectivity index (χ1) is 10.0. The number of phenols is 1. The third-order valence-electron chi connectivity index (χ3n) is 2.84. The molecule has 106 valence electrons. The van der Waals surface area contributed by atoms with E-state index in [0.717, 1.165) is 10.2 Å². The van der Waals surface area contributed by atoms with Gasteiger partial charge in [-0.1, -0.05) is 27.3 Å². The van der Waals surface area contributed by atoms with Crippen LogP contribution in [0.25, 0.3) is 10.2 Å². The summed E-state index contributed by atoms with van der Waals surface area (Å²) in [5, 5.41) is 12.9. The van der Waals surface area contributed by atoms with Crippen LogP contribution in [0.1, 0.15) is 10.4 Å². The van der Waals surface area contributed by atoms with Gasteiger partial charge in [0.2, 0.25) is 0 Å². The number of carbonyl (C=O) groups is 1. The largest absolute Gasteiger partial charge is 0.507 e. The summed E-state index contributed by atoms with van der Waals surface area (Å²) in [4.78, 5) is 16.5. The molecule has 0 aliphatic carbocycles. The first-order valence-electron chi connectivity index (χ1n) is 5.99. The number of aromatic nitrogens is 1. The number of aromatic hydroxyl groups is 1. The Balaban J connectivity index is 1.90. The molecule has 3 rings (SSSR count). The number of rotatable bonds is 2. The van der Waals surface area contributed by atoms with E-state index in [1.54, 1.807) is 30.3 Å². The Bertz CT molecular complexity index is 847. The molecule has 0 aliphatic heterocycles. The zero-order chi connectivity index (χ0) is 15.0. The van der Waals surface area contributed by atoms with Crippen LogP contribution < -0.4 is 11.1 Å². The normalized spacial score (nSPS) is 10.7. The monoisotopic (exact) mass is 363 g/mol. The lowest BCUT2D eigenvalue weighted by molar-refractivity contribution is 0.102. The maximum atomic E-state index is 12.2. The van der Waals surface area contributed by atoms with Gasteiger partial charge in [-0.25, -0.2) is 4.98 Å². The fourth-order valence-electron chi connectivity index (χ4n) is 1.85. The van der Waals surface area contributed by atoms with Gasteiger partial charge >= 0.3 is 0 Å². The number of fused-ring (bicyclic) bond motifs is 1. The third-order valence-corrected chi connectivity index (χ3v) is 4.26. The van der Waals surface area contributed by atoms with E-state index in [-0.39, 0.29) is 11.3 Å². The number of nitrogens with two attached hydrogens (primary N) is 1. The number of nitrogen functional groups attached to an aromatic ring is 1. The molecule has 0 bridgehead atoms. The number of nitrogens with one attached hydrogen (secondary N) is 1. The average molecular weight is 364 g/mol. The van der Waals surface area contributed by atoms with Crippen LogP contribution in [-0.4, -0.2) is 16.0 Å². The maximum absolute atomic E-state index is 12.2. The molecule has 0 unspecified atom stereocenters. The second kappa shape index (κ2) is 5.34. The molecule has 21 heavy (non-hydrogen) atoms. The average Bonchev–Trinajstić information content (AvgIpc) is 2.82. The van der Waals surface area contributed by atoms with Crippen LogP contribution in [0.15, 0.2) is 40.9 Å². The van der Waals surface area contributed by atoms with Gasteiger partial charge in [0.15, 0.2) is 5.13 Å².